The molecule has 0 aliphatic rings. The molecule has 1 radical (unpaired) electrons. The van der Waals surface area contributed by atoms with Crippen molar-refractivity contribution in [2.45, 2.75) is 0 Å². The molecule has 0 aromatic rings. The zero-order valence-electron chi connectivity index (χ0n) is 2.98. The molecule has 2 N–H and O–H groups in total. The fraction of sp³-hybridized carbons (Fsp3) is 0. The van der Waals surface area contributed by atoms with Crippen LogP contribution in [0.5, 0.6) is 0 Å². The van der Waals surface area contributed by atoms with Crippen LogP contribution in [0.3, 0.4) is 0 Å². The summed E-state index contributed by atoms with van der Waals surface area (Å²) >= 11 is 0. The summed E-state index contributed by atoms with van der Waals surface area (Å²) < 4.78 is 21.4. The van der Waals surface area contributed by atoms with E-state index in [0.717, 1.165) is 0 Å². The van der Waals surface area contributed by atoms with Gasteiger partial charge in [-0.05, 0) is 4.53 Å². The molecule has 0 aromatic carbocycles. The minimum Gasteiger partial charge on any atom is -0.301 e. The second kappa shape index (κ2) is 3.60. The smallest absolute Gasteiger partial charge is 0.301 e. The third-order valence-corrected chi connectivity index (χ3v) is 0.270. The van der Waals surface area contributed by atoms with E-state index in [1.54, 1.807) is 0 Å². The molecule has 0 fully saturated rings. The van der Waals surface area contributed by atoms with E-state index in [1.165, 1.54) is 0 Å². The molecule has 7 heavy (non-hydrogen) atoms. The Hall–Kier alpha value is 0.624. The van der Waals surface area contributed by atoms with E-state index in [9.17, 15) is 4.53 Å². The van der Waals surface area contributed by atoms with Gasteiger partial charge < -0.3 is 9.79 Å². The van der Waals surface area contributed by atoms with Gasteiger partial charge in [0.05, 0.1) is 0 Å². The Morgan fingerprint density at radius 2 is 1.71 bits per heavy atom. The summed E-state index contributed by atoms with van der Waals surface area (Å²) in [5.41, 5.74) is 0. The van der Waals surface area contributed by atoms with E-state index in [0.29, 0.717) is 0 Å². The Morgan fingerprint density at radius 1 is 1.57 bits per heavy atom. The van der Waals surface area contributed by atoms with Crippen LogP contribution >= 0.6 is 7.82 Å². The first-order valence-corrected chi connectivity index (χ1v) is 2.45. The van der Waals surface area contributed by atoms with Gasteiger partial charge in [-0.1, -0.05) is 4.73 Å². The van der Waals surface area contributed by atoms with Gasteiger partial charge in [0.25, 0.3) is 0 Å². The summed E-state index contributed by atoms with van der Waals surface area (Å²) in [6.07, 6.45) is 0. The summed E-state index contributed by atoms with van der Waals surface area (Å²) in [6, 6.07) is 0. The van der Waals surface area contributed by atoms with Gasteiger partial charge in [0.1, 0.15) is 0 Å². The fourth-order valence-corrected chi connectivity index (χ4v) is 0. The zero-order chi connectivity index (χ0) is 5.21. The Morgan fingerprint density at radius 3 is 1.71 bits per heavy atom. The van der Waals surface area contributed by atoms with Crippen molar-refractivity contribution in [3.8, 4) is 0 Å². The van der Waals surface area contributed by atoms with Crippen LogP contribution in [0.1, 0.15) is 0 Å². The number of phosphoric acid groups is 1. The van der Waals surface area contributed by atoms with Crippen molar-refractivity contribution in [2.24, 2.45) is 0 Å². The van der Waals surface area contributed by atoms with Crippen LogP contribution in [0, 0.1) is 0 Å². The maximum absolute atomic E-state index is 10.2. The van der Waals surface area contributed by atoms with E-state index in [1.807, 2.05) is 0 Å². The summed E-state index contributed by atoms with van der Waals surface area (Å²) in [6.45, 7) is 0. The molecule has 0 heterocycles. The summed E-state index contributed by atoms with van der Waals surface area (Å²) in [4.78, 5) is 14.7. The first-order chi connectivity index (χ1) is 2.56. The van der Waals surface area contributed by atoms with Crippen molar-refractivity contribution in [1.29, 1.82) is 0 Å². The third kappa shape index (κ3) is 10.8. The quantitative estimate of drug-likeness (QED) is 0.538. The first-order valence-electron chi connectivity index (χ1n) is 0.919. The Labute approximate surface area is 50.7 Å². The van der Waals surface area contributed by atoms with Crippen LogP contribution < -0.4 is 0 Å². The van der Waals surface area contributed by atoms with E-state index in [-0.39, 0.29) is 18.6 Å². The minimum absolute atomic E-state index is 0. The van der Waals surface area contributed by atoms with Gasteiger partial charge in [0.15, 0.2) is 0 Å². The molecule has 7 heteroatoms. The average Bonchev–Trinajstić information content (AvgIpc) is 1.35. The van der Waals surface area contributed by atoms with Gasteiger partial charge in [-0.15, -0.1) is 0 Å². The van der Waals surface area contributed by atoms with Crippen molar-refractivity contribution in [2.75, 3.05) is 0 Å². The molecule has 0 saturated heterocycles. The summed E-state index contributed by atoms with van der Waals surface area (Å²) in [5.74, 6) is 0. The van der Waals surface area contributed by atoms with Crippen LogP contribution in [0.2, 0.25) is 0 Å². The Bertz CT molecular complexity index is 75.8. The summed E-state index contributed by atoms with van der Waals surface area (Å²) in [7, 11) is -4.81. The molecule has 43 valence electrons. The van der Waals surface area contributed by atoms with Crippen molar-refractivity contribution in [1.82, 2.24) is 0 Å². The maximum atomic E-state index is 10.2. The molecule has 0 spiro atoms. The Kier molecular flexibility index (Phi) is 5.45. The summed E-state index contributed by atoms with van der Waals surface area (Å²) in [5, 5.41) is 0. The number of rotatable bonds is 1. The van der Waals surface area contributed by atoms with Gasteiger partial charge >= 0.3 is 7.82 Å². The molecule has 0 aromatic heterocycles. The van der Waals surface area contributed by atoms with Crippen LogP contribution in [0.25, 0.3) is 0 Å². The molecular weight excluding hydrogens is 165 g/mol. The normalized spacial score (nSPS) is 10.1. The minimum atomic E-state index is -4.81. The second-order valence-corrected chi connectivity index (χ2v) is 1.68. The molecular formula is H2FO4PV. The molecule has 0 aliphatic heterocycles. The van der Waals surface area contributed by atoms with E-state index in [4.69, 9.17) is 14.4 Å². The first kappa shape index (κ1) is 10.6. The SMILES string of the molecule is O=P(O)(O)OF.[V]. The van der Waals surface area contributed by atoms with Gasteiger partial charge in [-0.2, -0.15) is 0 Å². The van der Waals surface area contributed by atoms with Crippen molar-refractivity contribution in [3.63, 3.8) is 0 Å². The van der Waals surface area contributed by atoms with Crippen LogP contribution in [-0.4, -0.2) is 9.79 Å². The second-order valence-electron chi connectivity index (χ2n) is 0.560. The van der Waals surface area contributed by atoms with Gasteiger partial charge in [0, 0.05) is 18.6 Å². The van der Waals surface area contributed by atoms with E-state index in [2.05, 4.69) is 4.73 Å². The van der Waals surface area contributed by atoms with Crippen LogP contribution in [0.15, 0.2) is 0 Å². The Balaban J connectivity index is 0. The fourth-order valence-electron chi connectivity index (χ4n) is 0. The van der Waals surface area contributed by atoms with Gasteiger partial charge in [-0.3, -0.25) is 0 Å². The van der Waals surface area contributed by atoms with Gasteiger partial charge in [-0.25, -0.2) is 4.57 Å². The molecule has 4 nitrogen and oxygen atoms in total. The predicted molar refractivity (Wildman–Crippen MR) is 14.2 cm³/mol. The van der Waals surface area contributed by atoms with Crippen LogP contribution in [-0.2, 0) is 27.8 Å². The molecule has 0 saturated carbocycles. The molecule has 0 unspecified atom stereocenters. The maximum Gasteiger partial charge on any atom is 0.500 e. The van der Waals surface area contributed by atoms with Crippen LogP contribution in [0.4, 0.5) is 4.53 Å². The molecule has 0 rings (SSSR count). The topological polar surface area (TPSA) is 66.8 Å². The number of halogens is 1. The number of hydrogen-bond donors (Lipinski definition) is 2. The van der Waals surface area contributed by atoms with Crippen molar-refractivity contribution >= 4 is 7.82 Å². The standard InChI is InChI=1S/FH2O4P.V/c1-5-6(2,3)4;/h(H2,2,3,4);. The predicted octanol–water partition coefficient (Wildman–Crippen LogP) is -0.0223. The van der Waals surface area contributed by atoms with E-state index < -0.39 is 7.82 Å². The van der Waals surface area contributed by atoms with E-state index >= 15 is 0 Å². The van der Waals surface area contributed by atoms with Crippen molar-refractivity contribution < 1.29 is 42.2 Å². The molecule has 0 aliphatic carbocycles. The van der Waals surface area contributed by atoms with Crippen molar-refractivity contribution in [3.05, 3.63) is 0 Å². The third-order valence-electron chi connectivity index (χ3n) is 0.0899. The zero-order valence-corrected chi connectivity index (χ0v) is 5.27. The number of hydrogen-bond acceptors (Lipinski definition) is 2. The average molecular weight is 167 g/mol. The molecule has 0 amide bonds. The molecule has 0 bridgehead atoms. The largest absolute Gasteiger partial charge is 0.500 e. The van der Waals surface area contributed by atoms with Gasteiger partial charge in [0.2, 0.25) is 0 Å². The monoisotopic (exact) mass is 167 g/mol. The molecule has 0 atom stereocenters.